The Bertz CT molecular complexity index is 528. The van der Waals surface area contributed by atoms with E-state index in [1.54, 1.807) is 0 Å². The number of rotatable bonds is 3. The van der Waals surface area contributed by atoms with Crippen molar-refractivity contribution in [1.29, 1.82) is 0 Å². The third-order valence-corrected chi connectivity index (χ3v) is 2.17. The number of alkyl halides is 7. The van der Waals surface area contributed by atoms with Crippen molar-refractivity contribution >= 4 is 17.6 Å². The van der Waals surface area contributed by atoms with Crippen molar-refractivity contribution in [2.24, 2.45) is 0 Å². The Labute approximate surface area is 111 Å². The molecule has 0 aliphatic heterocycles. The van der Waals surface area contributed by atoms with Crippen molar-refractivity contribution in [3.63, 3.8) is 0 Å². The number of ether oxygens (including phenoxy) is 1. The summed E-state index contributed by atoms with van der Waals surface area (Å²) in [5, 5.41) is 8.74. The Hall–Kier alpha value is -1.71. The van der Waals surface area contributed by atoms with E-state index < -0.39 is 47.1 Å². The molecule has 0 unspecified atom stereocenters. The van der Waals surface area contributed by atoms with Crippen LogP contribution in [0.4, 0.5) is 26.3 Å². The predicted molar refractivity (Wildman–Crippen MR) is 52.4 cm³/mol. The van der Waals surface area contributed by atoms with Crippen molar-refractivity contribution in [1.82, 2.24) is 4.98 Å². The second kappa shape index (κ2) is 5.35. The zero-order valence-electron chi connectivity index (χ0n) is 9.14. The van der Waals surface area contributed by atoms with Crippen molar-refractivity contribution in [3.05, 3.63) is 23.0 Å². The number of hydrogen-bond donors (Lipinski definition) is 1. The number of carboxylic acid groups (broad SMARTS) is 1. The minimum absolute atomic E-state index is 0.146. The molecule has 0 aliphatic rings. The van der Waals surface area contributed by atoms with E-state index in [-0.39, 0.29) is 6.07 Å². The molecule has 0 spiro atoms. The minimum Gasteiger partial charge on any atom is -0.477 e. The van der Waals surface area contributed by atoms with Gasteiger partial charge in [0, 0.05) is 6.07 Å². The van der Waals surface area contributed by atoms with Crippen molar-refractivity contribution < 1.29 is 41.0 Å². The first-order chi connectivity index (χ1) is 8.95. The molecule has 0 radical (unpaired) electrons. The van der Waals surface area contributed by atoms with E-state index in [1.807, 2.05) is 0 Å². The van der Waals surface area contributed by atoms with E-state index >= 15 is 0 Å². The molecule has 1 aromatic heterocycles. The Balaban J connectivity index is 3.54. The van der Waals surface area contributed by atoms with E-state index in [0.717, 1.165) is 0 Å². The molecule has 0 atom stereocenters. The normalized spacial score (nSPS) is 12.3. The van der Waals surface area contributed by atoms with Crippen LogP contribution >= 0.6 is 11.6 Å². The number of carboxylic acids is 1. The van der Waals surface area contributed by atoms with Crippen molar-refractivity contribution in [2.45, 2.75) is 18.4 Å². The van der Waals surface area contributed by atoms with Gasteiger partial charge >= 0.3 is 18.5 Å². The van der Waals surface area contributed by atoms with Crippen LogP contribution in [0.5, 0.6) is 5.75 Å². The maximum absolute atomic E-state index is 12.5. The molecule has 11 heteroatoms. The summed E-state index contributed by atoms with van der Waals surface area (Å²) in [5.41, 5.74) is -3.80. The molecule has 0 saturated carbocycles. The highest BCUT2D eigenvalue weighted by molar-refractivity contribution is 6.17. The zero-order valence-corrected chi connectivity index (χ0v) is 9.90. The van der Waals surface area contributed by atoms with Gasteiger partial charge in [-0.3, -0.25) is 0 Å². The van der Waals surface area contributed by atoms with Crippen LogP contribution in [0.2, 0.25) is 0 Å². The van der Waals surface area contributed by atoms with Crippen molar-refractivity contribution in [2.75, 3.05) is 0 Å². The van der Waals surface area contributed by atoms with Gasteiger partial charge in [0.15, 0.2) is 0 Å². The van der Waals surface area contributed by atoms with Gasteiger partial charge in [0.2, 0.25) is 0 Å². The number of carbonyl (C=O) groups is 1. The van der Waals surface area contributed by atoms with E-state index in [4.69, 9.17) is 16.7 Å². The van der Waals surface area contributed by atoms with Gasteiger partial charge in [0.25, 0.3) is 0 Å². The van der Waals surface area contributed by atoms with Gasteiger partial charge in [-0.15, -0.1) is 24.8 Å². The quantitative estimate of drug-likeness (QED) is 0.684. The van der Waals surface area contributed by atoms with Crippen LogP contribution in [-0.2, 0) is 12.1 Å². The molecule has 4 nitrogen and oxygen atoms in total. The molecule has 1 aromatic rings. The van der Waals surface area contributed by atoms with Crippen LogP contribution in [0.3, 0.4) is 0 Å². The average Bonchev–Trinajstić information content (AvgIpc) is 2.23. The molecule has 1 rings (SSSR count). The zero-order chi connectivity index (χ0) is 15.7. The molecule has 1 N–H and O–H groups in total. The molecule has 0 saturated heterocycles. The van der Waals surface area contributed by atoms with Gasteiger partial charge in [-0.05, 0) is 0 Å². The maximum atomic E-state index is 12.5. The van der Waals surface area contributed by atoms with E-state index in [9.17, 15) is 31.1 Å². The Kier molecular flexibility index (Phi) is 4.37. The van der Waals surface area contributed by atoms with Crippen molar-refractivity contribution in [3.8, 4) is 5.75 Å². The molecule has 0 bridgehead atoms. The third-order valence-electron chi connectivity index (χ3n) is 1.91. The average molecular weight is 324 g/mol. The first kappa shape index (κ1) is 16.3. The molecule has 112 valence electrons. The topological polar surface area (TPSA) is 59.4 Å². The van der Waals surface area contributed by atoms with Gasteiger partial charge in [-0.25, -0.2) is 9.78 Å². The highest BCUT2D eigenvalue weighted by Gasteiger charge is 2.39. The summed E-state index contributed by atoms with van der Waals surface area (Å²) in [7, 11) is 0. The third kappa shape index (κ3) is 3.89. The maximum Gasteiger partial charge on any atom is 0.573 e. The number of aromatic carboxylic acids is 1. The molecular formula is C9H4ClF6NO3. The fourth-order valence-corrected chi connectivity index (χ4v) is 1.44. The number of nitrogens with zero attached hydrogens (tertiary/aromatic N) is 1. The van der Waals surface area contributed by atoms with E-state index in [2.05, 4.69) is 9.72 Å². The van der Waals surface area contributed by atoms with Crippen LogP contribution in [-0.4, -0.2) is 22.4 Å². The second-order valence-corrected chi connectivity index (χ2v) is 3.58. The molecule has 20 heavy (non-hydrogen) atoms. The fraction of sp³-hybridized carbons (Fsp3) is 0.333. The Morgan fingerprint density at radius 1 is 1.30 bits per heavy atom. The van der Waals surface area contributed by atoms with Gasteiger partial charge in [0.05, 0.1) is 11.6 Å². The lowest BCUT2D eigenvalue weighted by molar-refractivity contribution is -0.275. The minimum atomic E-state index is -5.36. The summed E-state index contributed by atoms with van der Waals surface area (Å²) < 4.78 is 77.0. The first-order valence-electron chi connectivity index (χ1n) is 4.62. The SMILES string of the molecule is O=C(O)c1c(OC(F)(F)F)cc(C(F)(F)F)nc1CCl. The number of hydrogen-bond acceptors (Lipinski definition) is 3. The molecule has 0 amide bonds. The van der Waals surface area contributed by atoms with Crippen LogP contribution in [0.25, 0.3) is 0 Å². The lowest BCUT2D eigenvalue weighted by atomic mass is 10.1. The van der Waals surface area contributed by atoms with Gasteiger partial charge in [-0.2, -0.15) is 13.2 Å². The highest BCUT2D eigenvalue weighted by Crippen LogP contribution is 2.35. The Morgan fingerprint density at radius 2 is 1.85 bits per heavy atom. The standard InChI is InChI=1S/C9H4ClF6NO3/c10-2-3-6(7(18)19)4(20-9(14,15)16)1-5(17-3)8(11,12)13/h1H,2H2,(H,18,19). The lowest BCUT2D eigenvalue weighted by Crippen LogP contribution is -2.22. The summed E-state index contributed by atoms with van der Waals surface area (Å²) in [6.07, 6.45) is -10.4. The Morgan fingerprint density at radius 3 is 2.20 bits per heavy atom. The number of aromatic nitrogens is 1. The second-order valence-electron chi connectivity index (χ2n) is 3.31. The number of pyridine rings is 1. The molecule has 0 aliphatic carbocycles. The van der Waals surface area contributed by atoms with E-state index in [1.165, 1.54) is 0 Å². The molecule has 1 heterocycles. The summed E-state index contributed by atoms with van der Waals surface area (Å²) in [4.78, 5) is 13.7. The van der Waals surface area contributed by atoms with Gasteiger partial charge < -0.3 is 9.84 Å². The first-order valence-corrected chi connectivity index (χ1v) is 5.15. The van der Waals surface area contributed by atoms with Gasteiger partial charge in [-0.1, -0.05) is 0 Å². The monoisotopic (exact) mass is 323 g/mol. The fourth-order valence-electron chi connectivity index (χ4n) is 1.25. The summed E-state index contributed by atoms with van der Waals surface area (Å²) >= 11 is 5.21. The highest BCUT2D eigenvalue weighted by atomic mass is 35.5. The smallest absolute Gasteiger partial charge is 0.477 e. The van der Waals surface area contributed by atoms with Gasteiger partial charge in [0.1, 0.15) is 17.0 Å². The van der Waals surface area contributed by atoms with Crippen LogP contribution < -0.4 is 4.74 Å². The van der Waals surface area contributed by atoms with E-state index in [0.29, 0.717) is 0 Å². The molecule has 0 aromatic carbocycles. The summed E-state index contributed by atoms with van der Waals surface area (Å²) in [5.74, 6) is -4.30. The van der Waals surface area contributed by atoms with Crippen LogP contribution in [0.1, 0.15) is 21.7 Å². The van der Waals surface area contributed by atoms with Crippen LogP contribution in [0, 0.1) is 0 Å². The summed E-state index contributed by atoms with van der Waals surface area (Å²) in [6.45, 7) is 0. The predicted octanol–water partition coefficient (Wildman–Crippen LogP) is 3.44. The molecular weight excluding hydrogens is 320 g/mol. The molecule has 0 fully saturated rings. The summed E-state index contributed by atoms with van der Waals surface area (Å²) in [6, 6.07) is -0.146. The van der Waals surface area contributed by atoms with Crippen LogP contribution in [0.15, 0.2) is 6.07 Å². The number of halogens is 7. The lowest BCUT2D eigenvalue weighted by Gasteiger charge is -2.15. The largest absolute Gasteiger partial charge is 0.573 e.